The van der Waals surface area contributed by atoms with Gasteiger partial charge in [0.2, 0.25) is 0 Å². The molecule has 0 atom stereocenters. The molecule has 0 N–H and O–H groups in total. The van der Waals surface area contributed by atoms with E-state index in [1.54, 1.807) is 29.9 Å². The van der Waals surface area contributed by atoms with Crippen LogP contribution in [0.1, 0.15) is 11.1 Å². The molecule has 0 aliphatic carbocycles. The van der Waals surface area contributed by atoms with Crippen LogP contribution in [0.3, 0.4) is 0 Å². The van der Waals surface area contributed by atoms with Crippen LogP contribution in [0.25, 0.3) is 21.1 Å². The van der Waals surface area contributed by atoms with Crippen molar-refractivity contribution in [3.63, 3.8) is 0 Å². The third kappa shape index (κ3) is 2.71. The first kappa shape index (κ1) is 13.9. The third-order valence-electron chi connectivity index (χ3n) is 2.92. The Morgan fingerprint density at radius 1 is 1.33 bits per heavy atom. The molecule has 3 aromatic heterocycles. The van der Waals surface area contributed by atoms with E-state index in [0.29, 0.717) is 5.56 Å². The van der Waals surface area contributed by atoms with E-state index in [4.69, 9.17) is 5.26 Å². The molecule has 21 heavy (non-hydrogen) atoms. The Kier molecular flexibility index (Phi) is 3.78. The molecule has 0 radical (unpaired) electrons. The van der Waals surface area contributed by atoms with Gasteiger partial charge in [0.25, 0.3) is 0 Å². The second-order valence-electron chi connectivity index (χ2n) is 4.38. The van der Waals surface area contributed by atoms with E-state index in [9.17, 15) is 0 Å². The highest BCUT2D eigenvalue weighted by Gasteiger charge is 2.15. The van der Waals surface area contributed by atoms with Gasteiger partial charge in [0.1, 0.15) is 15.7 Å². The normalized spacial score (nSPS) is 10.3. The number of nitrogens with zero attached hydrogens (tertiary/aromatic N) is 4. The predicted octanol–water partition coefficient (Wildman–Crippen LogP) is 4.21. The molecule has 6 heteroatoms. The van der Waals surface area contributed by atoms with Crippen LogP contribution in [0.2, 0.25) is 0 Å². The lowest BCUT2D eigenvalue weighted by Crippen LogP contribution is -1.88. The SMILES string of the molecule is Cc1cc(C#N)cnc1-c1sc(-c2cccnc2)nc1Br. The lowest BCUT2D eigenvalue weighted by Gasteiger charge is -2.02. The number of aromatic nitrogens is 3. The topological polar surface area (TPSA) is 62.5 Å². The molecule has 0 unspecified atom stereocenters. The number of rotatable bonds is 2. The zero-order valence-electron chi connectivity index (χ0n) is 11.0. The standard InChI is InChI=1S/C15H9BrN4S/c1-9-5-10(6-17)7-19-12(9)13-14(16)20-15(21-13)11-3-2-4-18-8-11/h2-5,7-8H,1H3. The molecule has 3 heterocycles. The maximum Gasteiger partial charge on any atom is 0.127 e. The van der Waals surface area contributed by atoms with Crippen LogP contribution in [-0.2, 0) is 0 Å². The second kappa shape index (κ2) is 5.72. The first-order valence-corrected chi connectivity index (χ1v) is 7.74. The van der Waals surface area contributed by atoms with Crippen molar-refractivity contribution in [2.45, 2.75) is 6.92 Å². The summed E-state index contributed by atoms with van der Waals surface area (Å²) >= 11 is 5.04. The molecule has 0 amide bonds. The van der Waals surface area contributed by atoms with Gasteiger partial charge in [-0.1, -0.05) is 0 Å². The Morgan fingerprint density at radius 2 is 2.19 bits per heavy atom. The summed E-state index contributed by atoms with van der Waals surface area (Å²) in [6, 6.07) is 7.79. The van der Waals surface area contributed by atoms with Crippen LogP contribution in [0.15, 0.2) is 41.4 Å². The number of aryl methyl sites for hydroxylation is 1. The van der Waals surface area contributed by atoms with Crippen molar-refractivity contribution in [3.8, 4) is 27.2 Å². The minimum absolute atomic E-state index is 0.560. The van der Waals surface area contributed by atoms with E-state index in [0.717, 1.165) is 31.3 Å². The molecule has 0 bridgehead atoms. The third-order valence-corrected chi connectivity index (χ3v) is 4.86. The Labute approximate surface area is 134 Å². The summed E-state index contributed by atoms with van der Waals surface area (Å²) in [5.74, 6) is 0. The fourth-order valence-electron chi connectivity index (χ4n) is 1.93. The molecule has 0 saturated carbocycles. The molecule has 0 aliphatic heterocycles. The molecule has 3 rings (SSSR count). The van der Waals surface area contributed by atoms with E-state index in [2.05, 4.69) is 37.0 Å². The first-order chi connectivity index (χ1) is 10.2. The van der Waals surface area contributed by atoms with Gasteiger partial charge in [-0.2, -0.15) is 5.26 Å². The zero-order valence-corrected chi connectivity index (χ0v) is 13.4. The molecule has 102 valence electrons. The van der Waals surface area contributed by atoms with Gasteiger partial charge >= 0.3 is 0 Å². The average molecular weight is 357 g/mol. The highest BCUT2D eigenvalue weighted by Crippen LogP contribution is 2.38. The van der Waals surface area contributed by atoms with Gasteiger partial charge in [0.05, 0.1) is 16.1 Å². The minimum atomic E-state index is 0.560. The quantitative estimate of drug-likeness (QED) is 0.689. The monoisotopic (exact) mass is 356 g/mol. The lowest BCUT2D eigenvalue weighted by molar-refractivity contribution is 1.24. The van der Waals surface area contributed by atoms with Crippen LogP contribution in [0.4, 0.5) is 0 Å². The summed E-state index contributed by atoms with van der Waals surface area (Å²) in [6.45, 7) is 1.94. The van der Waals surface area contributed by atoms with Crippen molar-refractivity contribution in [1.82, 2.24) is 15.0 Å². The Morgan fingerprint density at radius 3 is 2.86 bits per heavy atom. The van der Waals surface area contributed by atoms with Gasteiger partial charge in [0, 0.05) is 24.2 Å². The number of hydrogen-bond donors (Lipinski definition) is 0. The fraction of sp³-hybridized carbons (Fsp3) is 0.0667. The number of pyridine rings is 2. The largest absolute Gasteiger partial charge is 0.264 e. The highest BCUT2D eigenvalue weighted by molar-refractivity contribution is 9.10. The molecule has 0 spiro atoms. The van der Waals surface area contributed by atoms with Gasteiger partial charge in [-0.3, -0.25) is 9.97 Å². The summed E-state index contributed by atoms with van der Waals surface area (Å²) in [7, 11) is 0. The Bertz CT molecular complexity index is 837. The summed E-state index contributed by atoms with van der Waals surface area (Å²) in [4.78, 5) is 14.0. The lowest BCUT2D eigenvalue weighted by atomic mass is 10.1. The maximum atomic E-state index is 8.91. The van der Waals surface area contributed by atoms with Crippen molar-refractivity contribution in [2.24, 2.45) is 0 Å². The molecule has 0 aromatic carbocycles. The molecular formula is C15H9BrN4S. The molecular weight excluding hydrogens is 348 g/mol. The molecule has 0 fully saturated rings. The minimum Gasteiger partial charge on any atom is -0.264 e. The summed E-state index contributed by atoms with van der Waals surface area (Å²) in [6.07, 6.45) is 5.10. The first-order valence-electron chi connectivity index (χ1n) is 6.13. The summed E-state index contributed by atoms with van der Waals surface area (Å²) in [5, 5.41) is 9.80. The van der Waals surface area contributed by atoms with Gasteiger partial charge in [-0.25, -0.2) is 4.98 Å². The molecule has 3 aromatic rings. The van der Waals surface area contributed by atoms with Crippen molar-refractivity contribution in [3.05, 3.63) is 52.5 Å². The number of hydrogen-bond acceptors (Lipinski definition) is 5. The van der Waals surface area contributed by atoms with E-state index < -0.39 is 0 Å². The van der Waals surface area contributed by atoms with Crippen LogP contribution >= 0.6 is 27.3 Å². The smallest absolute Gasteiger partial charge is 0.127 e. The van der Waals surface area contributed by atoms with Crippen LogP contribution < -0.4 is 0 Å². The Balaban J connectivity index is 2.09. The second-order valence-corrected chi connectivity index (χ2v) is 6.13. The average Bonchev–Trinajstić information content (AvgIpc) is 2.90. The van der Waals surface area contributed by atoms with Gasteiger partial charge in [-0.15, -0.1) is 11.3 Å². The summed E-state index contributed by atoms with van der Waals surface area (Å²) < 4.78 is 0.756. The molecule has 4 nitrogen and oxygen atoms in total. The maximum absolute atomic E-state index is 8.91. The van der Waals surface area contributed by atoms with Crippen LogP contribution in [0.5, 0.6) is 0 Å². The van der Waals surface area contributed by atoms with E-state index in [-0.39, 0.29) is 0 Å². The van der Waals surface area contributed by atoms with Crippen molar-refractivity contribution >= 4 is 27.3 Å². The van der Waals surface area contributed by atoms with E-state index in [1.165, 1.54) is 0 Å². The fourth-order valence-corrected chi connectivity index (χ4v) is 3.67. The Hall–Kier alpha value is -2.10. The molecule has 0 saturated heterocycles. The van der Waals surface area contributed by atoms with Crippen LogP contribution in [-0.4, -0.2) is 15.0 Å². The zero-order chi connectivity index (χ0) is 14.8. The van der Waals surface area contributed by atoms with E-state index in [1.807, 2.05) is 25.1 Å². The van der Waals surface area contributed by atoms with E-state index >= 15 is 0 Å². The van der Waals surface area contributed by atoms with Crippen LogP contribution in [0, 0.1) is 18.3 Å². The van der Waals surface area contributed by atoms with Gasteiger partial charge < -0.3 is 0 Å². The summed E-state index contributed by atoms with van der Waals surface area (Å²) in [5.41, 5.74) is 3.33. The van der Waals surface area contributed by atoms with Crippen molar-refractivity contribution in [2.75, 3.05) is 0 Å². The number of halogens is 1. The number of nitriles is 1. The van der Waals surface area contributed by atoms with Crippen molar-refractivity contribution < 1.29 is 0 Å². The highest BCUT2D eigenvalue weighted by atomic mass is 79.9. The van der Waals surface area contributed by atoms with Gasteiger partial charge in [-0.05, 0) is 46.6 Å². The number of thiazole rings is 1. The van der Waals surface area contributed by atoms with Gasteiger partial charge in [0.15, 0.2) is 0 Å². The van der Waals surface area contributed by atoms with Crippen molar-refractivity contribution in [1.29, 1.82) is 5.26 Å². The molecule has 0 aliphatic rings. The predicted molar refractivity (Wildman–Crippen MR) is 85.7 cm³/mol.